The van der Waals surface area contributed by atoms with Gasteiger partial charge in [0.05, 0.1) is 23.9 Å². The molecule has 6 heteroatoms. The Morgan fingerprint density at radius 2 is 1.58 bits per heavy atom. The zero-order valence-electron chi connectivity index (χ0n) is 19.1. The van der Waals surface area contributed by atoms with Crippen molar-refractivity contribution in [2.75, 3.05) is 13.7 Å². The van der Waals surface area contributed by atoms with Crippen LogP contribution in [-0.4, -0.2) is 35.4 Å². The fraction of sp³-hybridized carbons (Fsp3) is 0.222. The fourth-order valence-electron chi connectivity index (χ4n) is 3.82. The molecule has 3 aromatic rings. The van der Waals surface area contributed by atoms with Gasteiger partial charge in [0.25, 0.3) is 11.8 Å². The van der Waals surface area contributed by atoms with Gasteiger partial charge >= 0.3 is 0 Å². The van der Waals surface area contributed by atoms with E-state index in [1.54, 1.807) is 36.4 Å². The third kappa shape index (κ3) is 4.41. The molecule has 0 fully saturated rings. The van der Waals surface area contributed by atoms with Crippen LogP contribution in [0.3, 0.4) is 0 Å². The van der Waals surface area contributed by atoms with E-state index in [0.717, 1.165) is 11.1 Å². The fourth-order valence-corrected chi connectivity index (χ4v) is 4.01. The van der Waals surface area contributed by atoms with Gasteiger partial charge in [-0.05, 0) is 40.8 Å². The second-order valence-electron chi connectivity index (χ2n) is 8.90. The number of ether oxygens (including phenoxy) is 1. The number of methoxy groups -OCH3 is 1. The summed E-state index contributed by atoms with van der Waals surface area (Å²) in [5.74, 6) is -0.279. The molecule has 168 valence electrons. The smallest absolute Gasteiger partial charge is 0.261 e. The number of carbonyl (C=O) groups is 2. The van der Waals surface area contributed by atoms with Gasteiger partial charge in [-0.1, -0.05) is 74.8 Å². The Morgan fingerprint density at radius 3 is 2.12 bits per heavy atom. The first kappa shape index (κ1) is 22.7. The average molecular weight is 461 g/mol. The van der Waals surface area contributed by atoms with Crippen LogP contribution in [0.4, 0.5) is 0 Å². The Kier molecular flexibility index (Phi) is 6.09. The summed E-state index contributed by atoms with van der Waals surface area (Å²) in [5.41, 5.74) is 4.41. The normalized spacial score (nSPS) is 14.0. The predicted octanol–water partition coefficient (Wildman–Crippen LogP) is 5.77. The van der Waals surface area contributed by atoms with Gasteiger partial charge in [-0.25, -0.2) is 4.98 Å². The first-order chi connectivity index (χ1) is 15.7. The summed E-state index contributed by atoms with van der Waals surface area (Å²) in [7, 11) is 1.51. The van der Waals surface area contributed by atoms with Crippen LogP contribution in [0, 0.1) is 0 Å². The predicted molar refractivity (Wildman–Crippen MR) is 130 cm³/mol. The van der Waals surface area contributed by atoms with E-state index in [1.165, 1.54) is 17.6 Å². The van der Waals surface area contributed by atoms with Crippen LogP contribution < -0.4 is 4.74 Å². The number of imide groups is 1. The highest BCUT2D eigenvalue weighted by Crippen LogP contribution is 2.31. The van der Waals surface area contributed by atoms with Crippen molar-refractivity contribution in [2.24, 2.45) is 0 Å². The Hall–Kier alpha value is -3.44. The van der Waals surface area contributed by atoms with Crippen molar-refractivity contribution in [1.82, 2.24) is 9.88 Å². The van der Waals surface area contributed by atoms with Crippen LogP contribution in [-0.2, 0) is 5.41 Å². The Labute approximate surface area is 198 Å². The Balaban J connectivity index is 1.74. The number of halogens is 1. The molecule has 5 nitrogen and oxygen atoms in total. The number of hydrogen-bond donors (Lipinski definition) is 0. The van der Waals surface area contributed by atoms with E-state index >= 15 is 0 Å². The average Bonchev–Trinajstić information content (AvgIpc) is 3.05. The number of aromatic nitrogens is 1. The van der Waals surface area contributed by atoms with Gasteiger partial charge in [0.15, 0.2) is 0 Å². The second-order valence-corrected chi connectivity index (χ2v) is 9.31. The zero-order valence-corrected chi connectivity index (χ0v) is 19.8. The molecule has 1 aromatic heterocycles. The van der Waals surface area contributed by atoms with Crippen molar-refractivity contribution in [1.29, 1.82) is 0 Å². The number of rotatable bonds is 5. The van der Waals surface area contributed by atoms with Gasteiger partial charge in [0.1, 0.15) is 5.02 Å². The van der Waals surface area contributed by atoms with E-state index in [1.807, 2.05) is 18.2 Å². The van der Waals surface area contributed by atoms with Gasteiger partial charge in [-0.15, -0.1) is 0 Å². The Morgan fingerprint density at radius 1 is 0.970 bits per heavy atom. The Bertz CT molecular complexity index is 1220. The van der Waals surface area contributed by atoms with Crippen molar-refractivity contribution >= 4 is 29.0 Å². The lowest BCUT2D eigenvalue weighted by molar-refractivity contribution is 0.0672. The molecular formula is C27H25ClN2O3. The number of fused-ring (bicyclic) bond motifs is 1. The number of hydrogen-bond acceptors (Lipinski definition) is 4. The van der Waals surface area contributed by atoms with Gasteiger partial charge in [0, 0.05) is 12.1 Å². The number of benzene rings is 2. The topological polar surface area (TPSA) is 59.5 Å². The van der Waals surface area contributed by atoms with Crippen LogP contribution in [0.5, 0.6) is 5.88 Å². The minimum absolute atomic E-state index is 0.0182. The van der Waals surface area contributed by atoms with Crippen molar-refractivity contribution in [3.8, 4) is 5.88 Å². The molecular weight excluding hydrogens is 436 g/mol. The highest BCUT2D eigenvalue weighted by atomic mass is 35.5. The maximum atomic E-state index is 12.8. The standard InChI is InChI=1S/C27H25ClN2O3/c1-27(2,3)18-11-9-17(10-12-18)19(23-14-13-22(28)24(29-23)33-4)15-16-30-25(31)20-7-5-6-8-21(20)26(30)32/h5-15H,16H2,1-4H3. The summed E-state index contributed by atoms with van der Waals surface area (Å²) >= 11 is 6.18. The van der Waals surface area contributed by atoms with Gasteiger partial charge in [-0.2, -0.15) is 0 Å². The first-order valence-electron chi connectivity index (χ1n) is 10.7. The molecule has 33 heavy (non-hydrogen) atoms. The van der Waals surface area contributed by atoms with Gasteiger partial charge < -0.3 is 4.74 Å². The summed E-state index contributed by atoms with van der Waals surface area (Å²) in [4.78, 5) is 31.4. The largest absolute Gasteiger partial charge is 0.480 e. The first-order valence-corrected chi connectivity index (χ1v) is 11.1. The third-order valence-corrected chi connectivity index (χ3v) is 5.99. The monoisotopic (exact) mass is 460 g/mol. The summed E-state index contributed by atoms with van der Waals surface area (Å²) in [6, 6.07) is 18.6. The molecule has 2 heterocycles. The molecule has 0 spiro atoms. The van der Waals surface area contributed by atoms with Crippen molar-refractivity contribution in [2.45, 2.75) is 26.2 Å². The molecule has 0 aliphatic carbocycles. The number of nitrogens with zero attached hydrogens (tertiary/aromatic N) is 2. The summed E-state index contributed by atoms with van der Waals surface area (Å²) in [6.07, 6.45) is 1.85. The van der Waals surface area contributed by atoms with Crippen LogP contribution in [0.2, 0.25) is 5.02 Å². The number of amides is 2. The molecule has 1 aliphatic rings. The van der Waals surface area contributed by atoms with Crippen molar-refractivity contribution in [3.63, 3.8) is 0 Å². The number of carbonyl (C=O) groups excluding carboxylic acids is 2. The third-order valence-electron chi connectivity index (χ3n) is 5.70. The lowest BCUT2D eigenvalue weighted by Crippen LogP contribution is -2.30. The molecule has 1 aliphatic heterocycles. The van der Waals surface area contributed by atoms with E-state index in [0.29, 0.717) is 27.7 Å². The minimum Gasteiger partial charge on any atom is -0.480 e. The van der Waals surface area contributed by atoms with E-state index in [2.05, 4.69) is 37.9 Å². The van der Waals surface area contributed by atoms with E-state index in [9.17, 15) is 9.59 Å². The highest BCUT2D eigenvalue weighted by Gasteiger charge is 2.34. The lowest BCUT2D eigenvalue weighted by Gasteiger charge is -2.20. The molecule has 4 rings (SSSR count). The molecule has 0 radical (unpaired) electrons. The number of pyridine rings is 1. The van der Waals surface area contributed by atoms with E-state index < -0.39 is 0 Å². The quantitative estimate of drug-likeness (QED) is 0.453. The minimum atomic E-state index is -0.295. The molecule has 2 amide bonds. The zero-order chi connectivity index (χ0) is 23.8. The lowest BCUT2D eigenvalue weighted by atomic mass is 9.86. The molecule has 0 bridgehead atoms. The van der Waals surface area contributed by atoms with Crippen molar-refractivity contribution in [3.05, 3.63) is 99.7 Å². The summed E-state index contributed by atoms with van der Waals surface area (Å²) < 4.78 is 5.30. The maximum Gasteiger partial charge on any atom is 0.261 e. The second kappa shape index (κ2) is 8.83. The van der Waals surface area contributed by atoms with Crippen LogP contribution in [0.15, 0.2) is 66.7 Å². The molecule has 0 N–H and O–H groups in total. The molecule has 0 saturated heterocycles. The van der Waals surface area contributed by atoms with Gasteiger partial charge in [0.2, 0.25) is 5.88 Å². The summed E-state index contributed by atoms with van der Waals surface area (Å²) in [6.45, 7) is 6.60. The van der Waals surface area contributed by atoms with E-state index in [4.69, 9.17) is 16.3 Å². The van der Waals surface area contributed by atoms with Crippen LogP contribution in [0.1, 0.15) is 58.3 Å². The molecule has 0 atom stereocenters. The van der Waals surface area contributed by atoms with Crippen LogP contribution >= 0.6 is 11.6 Å². The molecule has 0 unspecified atom stereocenters. The van der Waals surface area contributed by atoms with Crippen molar-refractivity contribution < 1.29 is 14.3 Å². The van der Waals surface area contributed by atoms with Crippen LogP contribution in [0.25, 0.3) is 5.57 Å². The maximum absolute atomic E-state index is 12.8. The highest BCUT2D eigenvalue weighted by molar-refractivity contribution is 6.31. The SMILES string of the molecule is COc1nc(C(=CCN2C(=O)c3ccccc3C2=O)c2ccc(C(C)(C)C)cc2)ccc1Cl. The van der Waals surface area contributed by atoms with Gasteiger partial charge in [-0.3, -0.25) is 14.5 Å². The summed E-state index contributed by atoms with van der Waals surface area (Å²) in [5, 5.41) is 0.407. The van der Waals surface area contributed by atoms with E-state index in [-0.39, 0.29) is 23.8 Å². The molecule has 2 aromatic carbocycles. The molecule has 0 saturated carbocycles.